The molecule has 0 amide bonds. The Labute approximate surface area is 94.9 Å². The van der Waals surface area contributed by atoms with Gasteiger partial charge in [0.15, 0.2) is 0 Å². The number of hydrogen-bond acceptors (Lipinski definition) is 3. The molecular weight excluding hydrogens is 204 g/mol. The quantitative estimate of drug-likeness (QED) is 0.828. The maximum atomic E-state index is 10.8. The molecule has 1 aliphatic rings. The van der Waals surface area contributed by atoms with Crippen LogP contribution >= 0.6 is 0 Å². The number of carbonyl (C=O) groups is 1. The van der Waals surface area contributed by atoms with Crippen LogP contribution in [0.5, 0.6) is 0 Å². The highest BCUT2D eigenvalue weighted by atomic mass is 16.4. The van der Waals surface area contributed by atoms with E-state index in [1.807, 2.05) is 0 Å². The normalized spacial score (nSPS) is 20.8. The van der Waals surface area contributed by atoms with Gasteiger partial charge in [-0.2, -0.15) is 0 Å². The largest absolute Gasteiger partial charge is 0.478 e. The van der Waals surface area contributed by atoms with E-state index in [9.17, 15) is 4.79 Å². The van der Waals surface area contributed by atoms with E-state index >= 15 is 0 Å². The number of hydrogen-bond donors (Lipinski definition) is 1. The smallest absolute Gasteiger partial charge is 0.337 e. The first-order valence-corrected chi connectivity index (χ1v) is 5.60. The summed E-state index contributed by atoms with van der Waals surface area (Å²) in [5.41, 5.74) is 1.18. The van der Waals surface area contributed by atoms with E-state index in [4.69, 9.17) is 5.11 Å². The first-order chi connectivity index (χ1) is 7.66. The highest BCUT2D eigenvalue weighted by Gasteiger charge is 2.17. The van der Waals surface area contributed by atoms with E-state index in [1.54, 1.807) is 12.3 Å². The molecule has 0 saturated carbocycles. The first-order valence-electron chi connectivity index (χ1n) is 5.60. The van der Waals surface area contributed by atoms with Crippen LogP contribution in [0.15, 0.2) is 18.5 Å². The van der Waals surface area contributed by atoms with E-state index in [1.165, 1.54) is 19.0 Å². The zero-order chi connectivity index (χ0) is 11.5. The van der Waals surface area contributed by atoms with Crippen molar-refractivity contribution in [3.63, 3.8) is 0 Å². The molecule has 0 unspecified atom stereocenters. The average Bonchev–Trinajstić information content (AvgIpc) is 2.29. The van der Waals surface area contributed by atoms with E-state index in [0.29, 0.717) is 5.92 Å². The first kappa shape index (κ1) is 10.9. The second kappa shape index (κ2) is 4.51. The van der Waals surface area contributed by atoms with Crippen LogP contribution in [0.4, 0.5) is 5.69 Å². The van der Waals surface area contributed by atoms with Gasteiger partial charge in [0.25, 0.3) is 0 Å². The summed E-state index contributed by atoms with van der Waals surface area (Å²) in [7, 11) is 0. The molecule has 4 heteroatoms. The third-order valence-corrected chi connectivity index (χ3v) is 2.99. The standard InChI is InChI=1S/C12H16N2O2/c1-9-3-2-4-14(8-9)11-5-10(12(15)16)6-13-7-11/h5-7,9H,2-4,8H2,1H3,(H,15,16)/t9-/m0/s1. The zero-order valence-corrected chi connectivity index (χ0v) is 9.39. The Bertz CT molecular complexity index is 392. The lowest BCUT2D eigenvalue weighted by Gasteiger charge is -2.32. The Morgan fingerprint density at radius 3 is 3.06 bits per heavy atom. The van der Waals surface area contributed by atoms with E-state index < -0.39 is 5.97 Å². The summed E-state index contributed by atoms with van der Waals surface area (Å²) in [6, 6.07) is 1.70. The third-order valence-electron chi connectivity index (χ3n) is 2.99. The maximum absolute atomic E-state index is 10.8. The lowest BCUT2D eigenvalue weighted by atomic mass is 10.00. The summed E-state index contributed by atoms with van der Waals surface area (Å²) in [5, 5.41) is 8.90. The molecule has 0 spiro atoms. The molecule has 4 nitrogen and oxygen atoms in total. The number of rotatable bonds is 2. The van der Waals surface area contributed by atoms with Gasteiger partial charge in [-0.3, -0.25) is 4.98 Å². The number of piperidine rings is 1. The van der Waals surface area contributed by atoms with Crippen molar-refractivity contribution >= 4 is 11.7 Å². The van der Waals surface area contributed by atoms with Crippen molar-refractivity contribution < 1.29 is 9.90 Å². The molecule has 1 aromatic heterocycles. The van der Waals surface area contributed by atoms with Crippen LogP contribution in [0.3, 0.4) is 0 Å². The molecule has 2 heterocycles. The van der Waals surface area contributed by atoms with E-state index in [2.05, 4.69) is 16.8 Å². The molecule has 2 rings (SSSR count). The molecule has 1 aromatic rings. The van der Waals surface area contributed by atoms with Gasteiger partial charge in [0.2, 0.25) is 0 Å². The molecule has 1 atom stereocenters. The van der Waals surface area contributed by atoms with Crippen molar-refractivity contribution in [3.05, 3.63) is 24.0 Å². The van der Waals surface area contributed by atoms with Gasteiger partial charge >= 0.3 is 5.97 Å². The number of carboxylic acid groups (broad SMARTS) is 1. The minimum absolute atomic E-state index is 0.260. The SMILES string of the molecule is C[C@H]1CCCN(c2cncc(C(=O)O)c2)C1. The number of aromatic carboxylic acids is 1. The Morgan fingerprint density at radius 2 is 2.38 bits per heavy atom. The summed E-state index contributed by atoms with van der Waals surface area (Å²) < 4.78 is 0. The van der Waals surface area contributed by atoms with Gasteiger partial charge in [0.1, 0.15) is 0 Å². The van der Waals surface area contributed by atoms with Crippen LogP contribution in [0.1, 0.15) is 30.1 Å². The van der Waals surface area contributed by atoms with Crippen molar-refractivity contribution in [2.75, 3.05) is 18.0 Å². The van der Waals surface area contributed by atoms with Crippen molar-refractivity contribution in [2.45, 2.75) is 19.8 Å². The fourth-order valence-corrected chi connectivity index (χ4v) is 2.14. The molecule has 0 radical (unpaired) electrons. The number of carboxylic acids is 1. The second-order valence-electron chi connectivity index (χ2n) is 4.43. The molecule has 1 saturated heterocycles. The van der Waals surface area contributed by atoms with Gasteiger partial charge in [-0.25, -0.2) is 4.79 Å². The molecule has 0 aliphatic carbocycles. The number of aromatic nitrogens is 1. The van der Waals surface area contributed by atoms with Crippen LogP contribution in [0.25, 0.3) is 0 Å². The monoisotopic (exact) mass is 220 g/mol. The van der Waals surface area contributed by atoms with Crippen molar-refractivity contribution in [2.24, 2.45) is 5.92 Å². The topological polar surface area (TPSA) is 53.4 Å². The molecule has 16 heavy (non-hydrogen) atoms. The number of nitrogens with zero attached hydrogens (tertiary/aromatic N) is 2. The van der Waals surface area contributed by atoms with Crippen LogP contribution in [-0.4, -0.2) is 29.1 Å². The van der Waals surface area contributed by atoms with Gasteiger partial charge in [0, 0.05) is 19.3 Å². The van der Waals surface area contributed by atoms with Gasteiger partial charge in [-0.05, 0) is 24.8 Å². The molecule has 0 aromatic carbocycles. The Hall–Kier alpha value is -1.58. The lowest BCUT2D eigenvalue weighted by Crippen LogP contribution is -2.34. The van der Waals surface area contributed by atoms with Gasteiger partial charge in [-0.1, -0.05) is 6.92 Å². The van der Waals surface area contributed by atoms with Crippen molar-refractivity contribution in [1.29, 1.82) is 0 Å². The molecule has 1 N–H and O–H groups in total. The molecule has 1 aliphatic heterocycles. The minimum atomic E-state index is -0.917. The van der Waals surface area contributed by atoms with Gasteiger partial charge < -0.3 is 10.0 Å². The fourth-order valence-electron chi connectivity index (χ4n) is 2.14. The van der Waals surface area contributed by atoms with Gasteiger partial charge in [-0.15, -0.1) is 0 Å². The molecular formula is C12H16N2O2. The Balaban J connectivity index is 2.19. The summed E-state index contributed by atoms with van der Waals surface area (Å²) in [6.45, 7) is 4.21. The highest BCUT2D eigenvalue weighted by Crippen LogP contribution is 2.22. The minimum Gasteiger partial charge on any atom is -0.478 e. The second-order valence-corrected chi connectivity index (χ2v) is 4.43. The Kier molecular flexibility index (Phi) is 3.08. The Morgan fingerprint density at radius 1 is 1.56 bits per heavy atom. The summed E-state index contributed by atoms with van der Waals surface area (Å²) >= 11 is 0. The average molecular weight is 220 g/mol. The van der Waals surface area contributed by atoms with Crippen molar-refractivity contribution in [1.82, 2.24) is 4.98 Å². The van der Waals surface area contributed by atoms with Crippen LogP contribution < -0.4 is 4.90 Å². The number of anilines is 1. The summed E-state index contributed by atoms with van der Waals surface area (Å²) in [5.74, 6) is -0.248. The third kappa shape index (κ3) is 2.32. The van der Waals surface area contributed by atoms with Crippen LogP contribution in [0, 0.1) is 5.92 Å². The fraction of sp³-hybridized carbons (Fsp3) is 0.500. The van der Waals surface area contributed by atoms with E-state index in [0.717, 1.165) is 18.8 Å². The zero-order valence-electron chi connectivity index (χ0n) is 9.39. The maximum Gasteiger partial charge on any atom is 0.337 e. The predicted octanol–water partition coefficient (Wildman–Crippen LogP) is 2.02. The van der Waals surface area contributed by atoms with Crippen LogP contribution in [-0.2, 0) is 0 Å². The van der Waals surface area contributed by atoms with E-state index in [-0.39, 0.29) is 5.56 Å². The number of pyridine rings is 1. The molecule has 86 valence electrons. The molecule has 1 fully saturated rings. The van der Waals surface area contributed by atoms with Gasteiger partial charge in [0.05, 0.1) is 17.4 Å². The molecule has 0 bridgehead atoms. The van der Waals surface area contributed by atoms with Crippen LogP contribution in [0.2, 0.25) is 0 Å². The highest BCUT2D eigenvalue weighted by molar-refractivity contribution is 5.88. The lowest BCUT2D eigenvalue weighted by molar-refractivity contribution is 0.0696. The van der Waals surface area contributed by atoms with Crippen molar-refractivity contribution in [3.8, 4) is 0 Å². The summed E-state index contributed by atoms with van der Waals surface area (Å²) in [6.07, 6.45) is 5.55. The predicted molar refractivity (Wildman–Crippen MR) is 61.8 cm³/mol. The summed E-state index contributed by atoms with van der Waals surface area (Å²) in [4.78, 5) is 17.0.